The van der Waals surface area contributed by atoms with Crippen molar-refractivity contribution in [2.24, 2.45) is 7.05 Å². The van der Waals surface area contributed by atoms with Crippen LogP contribution in [0, 0.1) is 5.82 Å². The van der Waals surface area contributed by atoms with E-state index in [-0.39, 0.29) is 23.2 Å². The van der Waals surface area contributed by atoms with Crippen molar-refractivity contribution < 1.29 is 27.1 Å². The summed E-state index contributed by atoms with van der Waals surface area (Å²) in [4.78, 5) is 20.4. The number of benzene rings is 2. The number of carbonyl (C=O) groups is 1. The van der Waals surface area contributed by atoms with Gasteiger partial charge in [0.15, 0.2) is 0 Å². The molecule has 0 atom stereocenters. The lowest BCUT2D eigenvalue weighted by atomic mass is 10.2. The largest absolute Gasteiger partial charge is 0.457 e. The molecule has 34 heavy (non-hydrogen) atoms. The van der Waals surface area contributed by atoms with Gasteiger partial charge in [-0.3, -0.25) is 9.78 Å². The minimum absolute atomic E-state index is 0.146. The number of aromatic nitrogens is 3. The Morgan fingerprint density at radius 3 is 2.59 bits per heavy atom. The van der Waals surface area contributed by atoms with E-state index in [1.807, 2.05) is 0 Å². The van der Waals surface area contributed by atoms with Crippen LogP contribution < -0.4 is 15.4 Å². The number of aryl methyl sites for hydroxylation is 1. The molecule has 0 saturated heterocycles. The first-order chi connectivity index (χ1) is 16.2. The minimum atomic E-state index is -4.60. The SMILES string of the molecule is CCNC(=O)c1cc(Oc2ccc3c(c2)nc(Nc2cc(C(F)(F)F)ccc2F)n3C)ccn1. The molecule has 11 heteroatoms. The van der Waals surface area contributed by atoms with Crippen molar-refractivity contribution in [1.29, 1.82) is 0 Å². The molecular formula is C23H19F4N5O2. The number of hydrogen-bond acceptors (Lipinski definition) is 5. The number of amides is 1. The Labute approximate surface area is 191 Å². The number of nitrogens with zero attached hydrogens (tertiary/aromatic N) is 3. The van der Waals surface area contributed by atoms with Gasteiger partial charge in [-0.15, -0.1) is 0 Å². The molecule has 176 valence electrons. The monoisotopic (exact) mass is 473 g/mol. The van der Waals surface area contributed by atoms with E-state index < -0.39 is 17.6 Å². The summed E-state index contributed by atoms with van der Waals surface area (Å²) in [6, 6.07) is 10.2. The third kappa shape index (κ3) is 4.77. The molecular weight excluding hydrogens is 454 g/mol. The molecule has 0 fully saturated rings. The van der Waals surface area contributed by atoms with Crippen LogP contribution in [0.4, 0.5) is 29.2 Å². The van der Waals surface area contributed by atoms with Crippen molar-refractivity contribution >= 4 is 28.6 Å². The summed E-state index contributed by atoms with van der Waals surface area (Å²) in [6.45, 7) is 2.26. The quantitative estimate of drug-likeness (QED) is 0.366. The average Bonchev–Trinajstić information content (AvgIpc) is 3.09. The highest BCUT2D eigenvalue weighted by molar-refractivity contribution is 5.92. The number of fused-ring (bicyclic) bond motifs is 1. The Morgan fingerprint density at radius 1 is 1.09 bits per heavy atom. The highest BCUT2D eigenvalue weighted by atomic mass is 19.4. The van der Waals surface area contributed by atoms with E-state index in [1.165, 1.54) is 12.3 Å². The molecule has 0 saturated carbocycles. The molecule has 0 bridgehead atoms. The molecule has 4 rings (SSSR count). The van der Waals surface area contributed by atoms with Crippen LogP contribution in [0.3, 0.4) is 0 Å². The van der Waals surface area contributed by atoms with Crippen LogP contribution in [0.2, 0.25) is 0 Å². The van der Waals surface area contributed by atoms with Crippen molar-refractivity contribution in [2.45, 2.75) is 13.1 Å². The fraction of sp³-hybridized carbons (Fsp3) is 0.174. The maximum Gasteiger partial charge on any atom is 0.416 e. The molecule has 0 aliphatic heterocycles. The molecule has 2 heterocycles. The van der Waals surface area contributed by atoms with Crippen molar-refractivity contribution in [3.63, 3.8) is 0 Å². The molecule has 2 N–H and O–H groups in total. The third-order valence-electron chi connectivity index (χ3n) is 4.93. The van der Waals surface area contributed by atoms with Crippen molar-refractivity contribution in [1.82, 2.24) is 19.9 Å². The zero-order chi connectivity index (χ0) is 24.5. The van der Waals surface area contributed by atoms with Crippen LogP contribution in [0.25, 0.3) is 11.0 Å². The lowest BCUT2D eigenvalue weighted by Crippen LogP contribution is -2.23. The topological polar surface area (TPSA) is 81.1 Å². The van der Waals surface area contributed by atoms with Crippen molar-refractivity contribution in [3.05, 3.63) is 71.8 Å². The van der Waals surface area contributed by atoms with E-state index in [1.54, 1.807) is 42.8 Å². The van der Waals surface area contributed by atoms with Gasteiger partial charge in [-0.1, -0.05) is 0 Å². The van der Waals surface area contributed by atoms with Gasteiger partial charge in [-0.05, 0) is 43.3 Å². The summed E-state index contributed by atoms with van der Waals surface area (Å²) in [5.74, 6) is -0.227. The van der Waals surface area contributed by atoms with Crippen LogP contribution in [-0.2, 0) is 13.2 Å². The van der Waals surface area contributed by atoms with Gasteiger partial charge in [0.1, 0.15) is 23.0 Å². The number of alkyl halides is 3. The maximum absolute atomic E-state index is 14.2. The predicted octanol–water partition coefficient (Wildman–Crippen LogP) is 5.41. The summed E-state index contributed by atoms with van der Waals surface area (Å²) in [5.41, 5.74) is -0.0182. The van der Waals surface area contributed by atoms with Gasteiger partial charge in [0, 0.05) is 31.9 Å². The Morgan fingerprint density at radius 2 is 1.85 bits per heavy atom. The highest BCUT2D eigenvalue weighted by Gasteiger charge is 2.31. The van der Waals surface area contributed by atoms with E-state index in [0.717, 1.165) is 6.07 Å². The Bertz CT molecular complexity index is 1370. The number of halogens is 4. The number of nitrogens with one attached hydrogen (secondary N) is 2. The lowest BCUT2D eigenvalue weighted by molar-refractivity contribution is -0.137. The van der Waals surface area contributed by atoms with E-state index in [4.69, 9.17) is 4.74 Å². The van der Waals surface area contributed by atoms with E-state index in [9.17, 15) is 22.4 Å². The Kier molecular flexibility index (Phi) is 6.10. The van der Waals surface area contributed by atoms with E-state index in [2.05, 4.69) is 20.6 Å². The van der Waals surface area contributed by atoms with Crippen LogP contribution in [0.5, 0.6) is 11.5 Å². The predicted molar refractivity (Wildman–Crippen MR) is 118 cm³/mol. The molecule has 0 spiro atoms. The van der Waals surface area contributed by atoms with E-state index >= 15 is 0 Å². The normalized spacial score (nSPS) is 11.5. The number of pyridine rings is 1. The fourth-order valence-corrected chi connectivity index (χ4v) is 3.26. The molecule has 2 aromatic carbocycles. The Balaban J connectivity index is 1.60. The van der Waals surface area contributed by atoms with Crippen LogP contribution >= 0.6 is 0 Å². The van der Waals surface area contributed by atoms with Gasteiger partial charge in [0.05, 0.1) is 22.3 Å². The number of carbonyl (C=O) groups excluding carboxylic acids is 1. The average molecular weight is 473 g/mol. The van der Waals surface area contributed by atoms with Gasteiger partial charge in [-0.2, -0.15) is 13.2 Å². The molecule has 0 unspecified atom stereocenters. The van der Waals surface area contributed by atoms with Crippen molar-refractivity contribution in [2.75, 3.05) is 11.9 Å². The van der Waals surface area contributed by atoms with E-state index in [0.29, 0.717) is 41.2 Å². The first-order valence-electron chi connectivity index (χ1n) is 10.2. The second kappa shape index (κ2) is 9.00. The van der Waals surface area contributed by atoms with Crippen LogP contribution in [0.1, 0.15) is 23.0 Å². The summed E-state index contributed by atoms with van der Waals surface area (Å²) < 4.78 is 60.6. The second-order valence-corrected chi connectivity index (χ2v) is 7.30. The van der Waals surface area contributed by atoms with Gasteiger partial charge < -0.3 is 19.9 Å². The maximum atomic E-state index is 14.2. The second-order valence-electron chi connectivity index (χ2n) is 7.30. The standard InChI is InChI=1S/C23H19F4N5O2/c1-3-28-21(33)19-12-15(8-9-29-19)34-14-5-7-20-18(11-14)31-22(32(20)2)30-17-10-13(23(25,26)27)4-6-16(17)24/h4-12H,3H2,1-2H3,(H,28,33)(H,30,31). The molecule has 0 radical (unpaired) electrons. The summed E-state index contributed by atoms with van der Waals surface area (Å²) >= 11 is 0. The molecule has 7 nitrogen and oxygen atoms in total. The molecule has 2 aromatic heterocycles. The van der Waals surface area contributed by atoms with Crippen LogP contribution in [0.15, 0.2) is 54.7 Å². The smallest absolute Gasteiger partial charge is 0.416 e. The Hall–Kier alpha value is -4.15. The number of ether oxygens (including phenoxy) is 1. The number of rotatable bonds is 6. The first kappa shape index (κ1) is 23.0. The summed E-state index contributed by atoms with van der Waals surface area (Å²) in [7, 11) is 1.64. The molecule has 0 aliphatic carbocycles. The minimum Gasteiger partial charge on any atom is -0.457 e. The van der Waals surface area contributed by atoms with Gasteiger partial charge in [0.25, 0.3) is 5.91 Å². The highest BCUT2D eigenvalue weighted by Crippen LogP contribution is 2.33. The molecule has 0 aliphatic rings. The number of imidazole rings is 1. The zero-order valence-electron chi connectivity index (χ0n) is 18.1. The van der Waals surface area contributed by atoms with Crippen LogP contribution in [-0.4, -0.2) is 27.0 Å². The van der Waals surface area contributed by atoms with Gasteiger partial charge >= 0.3 is 6.18 Å². The fourth-order valence-electron chi connectivity index (χ4n) is 3.26. The number of anilines is 2. The summed E-state index contributed by atoms with van der Waals surface area (Å²) in [5, 5.41) is 5.28. The molecule has 4 aromatic rings. The van der Waals surface area contributed by atoms with Gasteiger partial charge in [-0.25, -0.2) is 9.37 Å². The summed E-state index contributed by atoms with van der Waals surface area (Å²) in [6.07, 6.45) is -3.16. The molecule has 1 amide bonds. The van der Waals surface area contributed by atoms with Gasteiger partial charge in [0.2, 0.25) is 5.95 Å². The zero-order valence-corrected chi connectivity index (χ0v) is 18.1. The number of hydrogen-bond donors (Lipinski definition) is 2. The lowest BCUT2D eigenvalue weighted by Gasteiger charge is -2.11. The third-order valence-corrected chi connectivity index (χ3v) is 4.93. The first-order valence-corrected chi connectivity index (χ1v) is 10.2. The van der Waals surface area contributed by atoms with Crippen molar-refractivity contribution in [3.8, 4) is 11.5 Å².